The number of hydrogen-bond acceptors (Lipinski definition) is 6. The van der Waals surface area contributed by atoms with Gasteiger partial charge in [-0.05, 0) is 18.6 Å². The predicted octanol–water partition coefficient (Wildman–Crippen LogP) is 1.89. The average molecular weight is 341 g/mol. The molecule has 128 valence electrons. The molecular weight excluding hydrogens is 327 g/mol. The summed E-state index contributed by atoms with van der Waals surface area (Å²) in [5, 5.41) is 2.64. The Morgan fingerprint density at radius 3 is 2.67 bits per heavy atom. The van der Waals surface area contributed by atoms with Crippen molar-refractivity contribution < 1.29 is 22.7 Å². The number of carbonyl (C=O) groups is 1. The Hall–Kier alpha value is -2.91. The molecule has 2 rings (SSSR count). The molecule has 3 N–H and O–H groups in total. The molecule has 10 heteroatoms. The lowest BCUT2D eigenvalue weighted by atomic mass is 10.1. The van der Waals surface area contributed by atoms with E-state index < -0.39 is 24.7 Å². The van der Waals surface area contributed by atoms with E-state index in [1.165, 1.54) is 30.6 Å². The monoisotopic (exact) mass is 341 g/mol. The third-order valence-corrected chi connectivity index (χ3v) is 2.87. The van der Waals surface area contributed by atoms with Crippen LogP contribution in [0, 0.1) is 0 Å². The fourth-order valence-corrected chi connectivity index (χ4v) is 1.72. The smallest absolute Gasteiger partial charge is 0.422 e. The van der Waals surface area contributed by atoms with Crippen LogP contribution in [0.4, 0.5) is 19.0 Å². The van der Waals surface area contributed by atoms with Crippen LogP contribution < -0.4 is 15.8 Å². The molecule has 0 saturated carbocycles. The number of amides is 1. The van der Waals surface area contributed by atoms with Gasteiger partial charge in [0, 0.05) is 18.5 Å². The van der Waals surface area contributed by atoms with Gasteiger partial charge < -0.3 is 15.8 Å². The van der Waals surface area contributed by atoms with E-state index in [1.54, 1.807) is 6.92 Å². The number of pyridine rings is 1. The third-order valence-electron chi connectivity index (χ3n) is 2.87. The number of rotatable bonds is 5. The first-order valence-electron chi connectivity index (χ1n) is 6.79. The summed E-state index contributed by atoms with van der Waals surface area (Å²) in [6.45, 7) is 0.260. The minimum absolute atomic E-state index is 0.0834. The SMILES string of the molecule is CC(NC(=O)c1nccc(N)n1)c1ccc(OCC(F)(F)F)nc1. The summed E-state index contributed by atoms with van der Waals surface area (Å²) in [5.41, 5.74) is 6.05. The van der Waals surface area contributed by atoms with Gasteiger partial charge in [-0.25, -0.2) is 15.0 Å². The number of halogens is 3. The van der Waals surface area contributed by atoms with Crippen LogP contribution in [0.1, 0.15) is 29.1 Å². The average Bonchev–Trinajstić information content (AvgIpc) is 2.52. The lowest BCUT2D eigenvalue weighted by Crippen LogP contribution is -2.28. The van der Waals surface area contributed by atoms with E-state index in [1.807, 2.05) is 0 Å². The van der Waals surface area contributed by atoms with Crippen LogP contribution in [0.5, 0.6) is 5.88 Å². The van der Waals surface area contributed by atoms with Crippen molar-refractivity contribution in [3.8, 4) is 5.88 Å². The highest BCUT2D eigenvalue weighted by atomic mass is 19.4. The van der Waals surface area contributed by atoms with Crippen LogP contribution in [-0.2, 0) is 0 Å². The van der Waals surface area contributed by atoms with E-state index in [4.69, 9.17) is 5.73 Å². The molecule has 24 heavy (non-hydrogen) atoms. The first-order chi connectivity index (χ1) is 11.2. The Morgan fingerprint density at radius 2 is 2.08 bits per heavy atom. The Labute approximate surface area is 135 Å². The Morgan fingerprint density at radius 1 is 1.33 bits per heavy atom. The second-order valence-electron chi connectivity index (χ2n) is 4.83. The number of ether oxygens (including phenoxy) is 1. The minimum Gasteiger partial charge on any atom is -0.468 e. The molecule has 1 unspecified atom stereocenters. The fourth-order valence-electron chi connectivity index (χ4n) is 1.72. The van der Waals surface area contributed by atoms with Crippen LogP contribution in [0.2, 0.25) is 0 Å². The molecule has 0 aliphatic heterocycles. The maximum atomic E-state index is 12.1. The standard InChI is InChI=1S/C14H14F3N5O2/c1-8(21-13(23)12-19-5-4-10(18)22-12)9-2-3-11(20-6-9)24-7-14(15,16)17/h2-6,8H,7H2,1H3,(H,21,23)(H2,18,19,22). The van der Waals surface area contributed by atoms with Crippen LogP contribution in [0.3, 0.4) is 0 Å². The molecule has 0 saturated heterocycles. The molecule has 1 atom stereocenters. The molecule has 2 aromatic heterocycles. The van der Waals surface area contributed by atoms with Gasteiger partial charge in [0.25, 0.3) is 5.91 Å². The van der Waals surface area contributed by atoms with Crippen molar-refractivity contribution in [1.29, 1.82) is 0 Å². The van der Waals surface area contributed by atoms with Crippen molar-refractivity contribution in [3.63, 3.8) is 0 Å². The molecule has 0 bridgehead atoms. The lowest BCUT2D eigenvalue weighted by molar-refractivity contribution is -0.154. The molecule has 0 radical (unpaired) electrons. The normalized spacial score (nSPS) is 12.5. The number of alkyl halides is 3. The zero-order chi connectivity index (χ0) is 17.7. The molecule has 0 spiro atoms. The summed E-state index contributed by atoms with van der Waals surface area (Å²) in [6.07, 6.45) is -1.76. The Kier molecular flexibility index (Phi) is 5.17. The van der Waals surface area contributed by atoms with Crippen molar-refractivity contribution in [2.24, 2.45) is 0 Å². The van der Waals surface area contributed by atoms with Gasteiger partial charge in [-0.15, -0.1) is 0 Å². The number of anilines is 1. The molecule has 1 amide bonds. The van der Waals surface area contributed by atoms with E-state index in [-0.39, 0.29) is 17.5 Å². The molecule has 0 fully saturated rings. The highest BCUT2D eigenvalue weighted by Crippen LogP contribution is 2.19. The molecule has 7 nitrogen and oxygen atoms in total. The van der Waals surface area contributed by atoms with Gasteiger partial charge in [-0.1, -0.05) is 6.07 Å². The van der Waals surface area contributed by atoms with Crippen molar-refractivity contribution in [2.75, 3.05) is 12.3 Å². The molecule has 0 aliphatic rings. The summed E-state index contributed by atoms with van der Waals surface area (Å²) in [4.78, 5) is 23.4. The fraction of sp³-hybridized carbons (Fsp3) is 0.286. The first kappa shape index (κ1) is 17.4. The molecule has 2 aromatic rings. The number of nitrogen functional groups attached to an aromatic ring is 1. The maximum absolute atomic E-state index is 12.1. The van der Waals surface area contributed by atoms with Gasteiger partial charge >= 0.3 is 6.18 Å². The van der Waals surface area contributed by atoms with Crippen molar-refractivity contribution in [2.45, 2.75) is 19.1 Å². The zero-order valence-electron chi connectivity index (χ0n) is 12.5. The van der Waals surface area contributed by atoms with Crippen LogP contribution in [0.15, 0.2) is 30.6 Å². The summed E-state index contributed by atoms with van der Waals surface area (Å²) in [5.74, 6) is -0.614. The molecule has 2 heterocycles. The second-order valence-corrected chi connectivity index (χ2v) is 4.83. The van der Waals surface area contributed by atoms with Crippen LogP contribution in [-0.4, -0.2) is 33.6 Å². The molecule has 0 aromatic carbocycles. The summed E-state index contributed by atoms with van der Waals surface area (Å²) >= 11 is 0. The second kappa shape index (κ2) is 7.11. The quantitative estimate of drug-likeness (QED) is 0.861. The summed E-state index contributed by atoms with van der Waals surface area (Å²) in [7, 11) is 0. The van der Waals surface area contributed by atoms with Gasteiger partial charge in [0.05, 0.1) is 6.04 Å². The number of hydrogen-bond donors (Lipinski definition) is 2. The molecule has 0 aliphatic carbocycles. The topological polar surface area (TPSA) is 103 Å². The van der Waals surface area contributed by atoms with E-state index in [2.05, 4.69) is 25.0 Å². The third kappa shape index (κ3) is 5.07. The van der Waals surface area contributed by atoms with Crippen LogP contribution in [0.25, 0.3) is 0 Å². The predicted molar refractivity (Wildman–Crippen MR) is 78.1 cm³/mol. The Bertz CT molecular complexity index is 706. The zero-order valence-corrected chi connectivity index (χ0v) is 12.5. The number of aromatic nitrogens is 3. The van der Waals surface area contributed by atoms with Gasteiger partial charge in [0.1, 0.15) is 5.82 Å². The van der Waals surface area contributed by atoms with E-state index in [0.29, 0.717) is 5.56 Å². The largest absolute Gasteiger partial charge is 0.468 e. The Balaban J connectivity index is 1.97. The number of carbonyl (C=O) groups excluding carboxylic acids is 1. The number of nitrogens with one attached hydrogen (secondary N) is 1. The summed E-state index contributed by atoms with van der Waals surface area (Å²) < 4.78 is 40.7. The number of nitrogens with zero attached hydrogens (tertiary/aromatic N) is 3. The first-order valence-corrected chi connectivity index (χ1v) is 6.79. The highest BCUT2D eigenvalue weighted by Gasteiger charge is 2.28. The van der Waals surface area contributed by atoms with Gasteiger partial charge in [0.15, 0.2) is 6.61 Å². The minimum atomic E-state index is -4.43. The van der Waals surface area contributed by atoms with Crippen LogP contribution >= 0.6 is 0 Å². The van der Waals surface area contributed by atoms with Gasteiger partial charge in [-0.3, -0.25) is 4.79 Å². The van der Waals surface area contributed by atoms with Gasteiger partial charge in [-0.2, -0.15) is 13.2 Å². The maximum Gasteiger partial charge on any atom is 0.422 e. The lowest BCUT2D eigenvalue weighted by Gasteiger charge is -2.14. The van der Waals surface area contributed by atoms with Gasteiger partial charge in [0.2, 0.25) is 11.7 Å². The molecular formula is C14H14F3N5O2. The van der Waals surface area contributed by atoms with E-state index in [0.717, 1.165) is 0 Å². The van der Waals surface area contributed by atoms with Crippen molar-refractivity contribution >= 4 is 11.7 Å². The highest BCUT2D eigenvalue weighted by molar-refractivity contribution is 5.90. The van der Waals surface area contributed by atoms with E-state index in [9.17, 15) is 18.0 Å². The summed E-state index contributed by atoms with van der Waals surface area (Å²) in [6, 6.07) is 3.78. The van der Waals surface area contributed by atoms with Crippen molar-refractivity contribution in [3.05, 3.63) is 42.0 Å². The van der Waals surface area contributed by atoms with E-state index >= 15 is 0 Å². The number of nitrogens with two attached hydrogens (primary N) is 1. The van der Waals surface area contributed by atoms with Crippen molar-refractivity contribution in [1.82, 2.24) is 20.3 Å².